The van der Waals surface area contributed by atoms with Crippen molar-refractivity contribution in [2.24, 2.45) is 0 Å². The normalized spacial score (nSPS) is 10.4. The van der Waals surface area contributed by atoms with Gasteiger partial charge in [0.1, 0.15) is 12.1 Å². The second kappa shape index (κ2) is 4.91. The van der Waals surface area contributed by atoms with Crippen LogP contribution in [0.2, 0.25) is 5.02 Å². The Morgan fingerprint density at radius 2 is 1.78 bits per heavy atom. The lowest BCUT2D eigenvalue weighted by atomic mass is 9.97. The molecule has 1 nitrogen and oxygen atoms in total. The van der Waals surface area contributed by atoms with Gasteiger partial charge < -0.3 is 0 Å². The van der Waals surface area contributed by atoms with Gasteiger partial charge in [-0.3, -0.25) is 4.79 Å². The van der Waals surface area contributed by atoms with E-state index in [0.717, 1.165) is 16.7 Å². The maximum atomic E-state index is 13.9. The van der Waals surface area contributed by atoms with Crippen LogP contribution in [-0.4, -0.2) is 6.29 Å². The van der Waals surface area contributed by atoms with Gasteiger partial charge in [-0.1, -0.05) is 23.7 Å². The number of benzene rings is 2. The Kier molecular flexibility index (Phi) is 3.48. The minimum absolute atomic E-state index is 0.333. The van der Waals surface area contributed by atoms with E-state index in [1.54, 1.807) is 12.1 Å². The predicted molar refractivity (Wildman–Crippen MR) is 71.7 cm³/mol. The lowest BCUT2D eigenvalue weighted by Crippen LogP contribution is -1.91. The Morgan fingerprint density at radius 3 is 2.39 bits per heavy atom. The lowest BCUT2D eigenvalue weighted by Gasteiger charge is -2.10. The van der Waals surface area contributed by atoms with E-state index in [1.165, 1.54) is 6.07 Å². The second-order valence-corrected chi connectivity index (χ2v) is 4.68. The summed E-state index contributed by atoms with van der Waals surface area (Å²) in [5, 5.41) is 0.668. The van der Waals surface area contributed by atoms with Gasteiger partial charge in [-0.25, -0.2) is 4.39 Å². The van der Waals surface area contributed by atoms with Gasteiger partial charge in [-0.15, -0.1) is 0 Å². The van der Waals surface area contributed by atoms with Crippen LogP contribution in [0.15, 0.2) is 30.3 Å². The van der Waals surface area contributed by atoms with Gasteiger partial charge in [0.2, 0.25) is 0 Å². The molecule has 2 rings (SSSR count). The van der Waals surface area contributed by atoms with E-state index in [1.807, 2.05) is 26.0 Å². The first-order valence-corrected chi connectivity index (χ1v) is 5.92. The van der Waals surface area contributed by atoms with Crippen LogP contribution >= 0.6 is 11.6 Å². The van der Waals surface area contributed by atoms with Crippen molar-refractivity contribution in [2.45, 2.75) is 13.8 Å². The summed E-state index contributed by atoms with van der Waals surface area (Å²) in [4.78, 5) is 10.6. The molecule has 0 heterocycles. The summed E-state index contributed by atoms with van der Waals surface area (Å²) in [6.07, 6.45) is 0.632. The lowest BCUT2D eigenvalue weighted by molar-refractivity contribution is 0.112. The molecule has 0 saturated carbocycles. The molecule has 18 heavy (non-hydrogen) atoms. The van der Waals surface area contributed by atoms with E-state index in [4.69, 9.17) is 11.6 Å². The van der Waals surface area contributed by atoms with Crippen LogP contribution in [0.25, 0.3) is 11.1 Å². The van der Waals surface area contributed by atoms with Crippen molar-refractivity contribution in [3.8, 4) is 11.1 Å². The van der Waals surface area contributed by atoms with Gasteiger partial charge in [-0.05, 0) is 48.7 Å². The van der Waals surface area contributed by atoms with Gasteiger partial charge in [0.05, 0.1) is 0 Å². The molecule has 0 amide bonds. The van der Waals surface area contributed by atoms with E-state index in [9.17, 15) is 9.18 Å². The molecule has 3 heteroatoms. The van der Waals surface area contributed by atoms with E-state index in [2.05, 4.69) is 0 Å². The third-order valence-corrected chi connectivity index (χ3v) is 3.33. The summed E-state index contributed by atoms with van der Waals surface area (Å²) in [7, 11) is 0. The minimum atomic E-state index is -0.399. The van der Waals surface area contributed by atoms with Crippen molar-refractivity contribution in [3.63, 3.8) is 0 Å². The van der Waals surface area contributed by atoms with E-state index in [0.29, 0.717) is 22.4 Å². The molecule has 0 bridgehead atoms. The molecule has 0 radical (unpaired) electrons. The first-order chi connectivity index (χ1) is 8.52. The maximum absolute atomic E-state index is 13.9. The molecule has 0 atom stereocenters. The van der Waals surface area contributed by atoms with Crippen LogP contribution in [0.4, 0.5) is 4.39 Å². The molecule has 0 aliphatic rings. The van der Waals surface area contributed by atoms with Crippen LogP contribution in [0.3, 0.4) is 0 Å². The SMILES string of the molecule is Cc1cc(-c2ccc(C=O)cc2F)c(C)cc1Cl. The van der Waals surface area contributed by atoms with Gasteiger partial charge in [-0.2, -0.15) is 0 Å². The summed E-state index contributed by atoms with van der Waals surface area (Å²) >= 11 is 6.02. The van der Waals surface area contributed by atoms with Crippen LogP contribution in [0.5, 0.6) is 0 Å². The Labute approximate surface area is 110 Å². The molecule has 0 aliphatic heterocycles. The van der Waals surface area contributed by atoms with Crippen LogP contribution in [0.1, 0.15) is 21.5 Å². The fraction of sp³-hybridized carbons (Fsp3) is 0.133. The molecular weight excluding hydrogens is 251 g/mol. The first kappa shape index (κ1) is 12.8. The summed E-state index contributed by atoms with van der Waals surface area (Å²) in [5.74, 6) is -0.399. The van der Waals surface area contributed by atoms with E-state index >= 15 is 0 Å². The molecule has 0 saturated heterocycles. The monoisotopic (exact) mass is 262 g/mol. The number of halogens is 2. The second-order valence-electron chi connectivity index (χ2n) is 4.27. The van der Waals surface area contributed by atoms with Gasteiger partial charge >= 0.3 is 0 Å². The molecule has 2 aromatic carbocycles. The average Bonchev–Trinajstić information content (AvgIpc) is 2.34. The van der Waals surface area contributed by atoms with Crippen molar-refractivity contribution in [2.75, 3.05) is 0 Å². The van der Waals surface area contributed by atoms with Crippen molar-refractivity contribution < 1.29 is 9.18 Å². The number of carbonyl (C=O) groups excluding carboxylic acids is 1. The van der Waals surface area contributed by atoms with Crippen molar-refractivity contribution in [3.05, 3.63) is 57.9 Å². The summed E-state index contributed by atoms with van der Waals surface area (Å²) in [6.45, 7) is 3.76. The summed E-state index contributed by atoms with van der Waals surface area (Å²) < 4.78 is 13.9. The standard InChI is InChI=1S/C15H12ClFO/c1-9-6-14(16)10(2)5-13(9)12-4-3-11(8-18)7-15(12)17/h3-8H,1-2H3. The molecule has 2 aromatic rings. The van der Waals surface area contributed by atoms with Crippen molar-refractivity contribution >= 4 is 17.9 Å². The number of aryl methyl sites for hydroxylation is 2. The maximum Gasteiger partial charge on any atom is 0.150 e. The minimum Gasteiger partial charge on any atom is -0.298 e. The fourth-order valence-corrected chi connectivity index (χ4v) is 2.11. The predicted octanol–water partition coefficient (Wildman–Crippen LogP) is 4.58. The number of rotatable bonds is 2. The molecule has 0 N–H and O–H groups in total. The van der Waals surface area contributed by atoms with E-state index < -0.39 is 5.82 Å². The van der Waals surface area contributed by atoms with Crippen LogP contribution in [0, 0.1) is 19.7 Å². The van der Waals surface area contributed by atoms with Gasteiger partial charge in [0.15, 0.2) is 0 Å². The molecule has 0 fully saturated rings. The number of hydrogen-bond donors (Lipinski definition) is 0. The quantitative estimate of drug-likeness (QED) is 0.724. The number of hydrogen-bond acceptors (Lipinski definition) is 1. The van der Waals surface area contributed by atoms with Gasteiger partial charge in [0, 0.05) is 16.1 Å². The average molecular weight is 263 g/mol. The zero-order valence-corrected chi connectivity index (χ0v) is 10.9. The van der Waals surface area contributed by atoms with Crippen LogP contribution in [-0.2, 0) is 0 Å². The van der Waals surface area contributed by atoms with Crippen LogP contribution < -0.4 is 0 Å². The largest absolute Gasteiger partial charge is 0.298 e. The molecule has 0 unspecified atom stereocenters. The summed E-state index contributed by atoms with van der Waals surface area (Å²) in [5.41, 5.74) is 3.42. The fourth-order valence-electron chi connectivity index (χ4n) is 1.89. The Hall–Kier alpha value is -1.67. The molecule has 0 spiro atoms. The van der Waals surface area contributed by atoms with Gasteiger partial charge in [0.25, 0.3) is 0 Å². The van der Waals surface area contributed by atoms with Crippen molar-refractivity contribution in [1.82, 2.24) is 0 Å². The Morgan fingerprint density at radius 1 is 1.06 bits per heavy atom. The molecule has 92 valence electrons. The zero-order valence-electron chi connectivity index (χ0n) is 10.1. The third kappa shape index (κ3) is 2.29. The zero-order chi connectivity index (χ0) is 13.3. The number of aldehydes is 1. The molecular formula is C15H12ClFO. The highest BCUT2D eigenvalue weighted by molar-refractivity contribution is 6.31. The van der Waals surface area contributed by atoms with E-state index in [-0.39, 0.29) is 0 Å². The van der Waals surface area contributed by atoms with Crippen molar-refractivity contribution in [1.29, 1.82) is 0 Å². The highest BCUT2D eigenvalue weighted by Crippen LogP contribution is 2.30. The highest BCUT2D eigenvalue weighted by Gasteiger charge is 2.10. The first-order valence-electron chi connectivity index (χ1n) is 5.55. The number of carbonyl (C=O) groups is 1. The smallest absolute Gasteiger partial charge is 0.150 e. The Balaban J connectivity index is 2.62. The third-order valence-electron chi connectivity index (χ3n) is 2.93. The summed E-state index contributed by atoms with van der Waals surface area (Å²) in [6, 6.07) is 8.14. The molecule has 0 aromatic heterocycles. The topological polar surface area (TPSA) is 17.1 Å². The molecule has 0 aliphatic carbocycles. The highest BCUT2D eigenvalue weighted by atomic mass is 35.5. The Bertz CT molecular complexity index is 620.